The van der Waals surface area contributed by atoms with Crippen molar-refractivity contribution in [3.63, 3.8) is 0 Å². The van der Waals surface area contributed by atoms with E-state index in [1.807, 2.05) is 0 Å². The molecular formula is C17H16N2O5. The van der Waals surface area contributed by atoms with Gasteiger partial charge in [-0.15, -0.1) is 0 Å². The number of nitro groups is 1. The van der Waals surface area contributed by atoms with Crippen LogP contribution in [0.3, 0.4) is 0 Å². The first-order valence-corrected chi connectivity index (χ1v) is 7.02. The lowest BCUT2D eigenvalue weighted by atomic mass is 10.2. The van der Waals surface area contributed by atoms with Crippen LogP contribution in [0, 0.1) is 10.1 Å². The fourth-order valence-electron chi connectivity index (χ4n) is 1.97. The maximum Gasteiger partial charge on any atom is 0.273 e. The Morgan fingerprint density at radius 3 is 2.79 bits per heavy atom. The topological polar surface area (TPSA) is 90.7 Å². The lowest BCUT2D eigenvalue weighted by molar-refractivity contribution is -0.384. The molecule has 24 heavy (non-hydrogen) atoms. The van der Waals surface area contributed by atoms with Gasteiger partial charge in [-0.2, -0.15) is 0 Å². The normalized spacial score (nSPS) is 9.88. The van der Waals surface area contributed by atoms with Gasteiger partial charge in [0.05, 0.1) is 23.8 Å². The summed E-state index contributed by atoms with van der Waals surface area (Å²) in [7, 11) is 1.37. The standard InChI is InChI=1S/C17H16N2O5/c1-3-9-24-14-6-4-5-12(10-14)17(20)18-15-8-7-13(19(21)22)11-16(15)23-2/h3-8,10-11H,1,9H2,2H3,(H,18,20). The molecule has 1 N–H and O–H groups in total. The Balaban J connectivity index is 2.20. The molecule has 2 rings (SSSR count). The van der Waals surface area contributed by atoms with Crippen molar-refractivity contribution in [3.05, 3.63) is 70.8 Å². The lowest BCUT2D eigenvalue weighted by Crippen LogP contribution is -2.13. The largest absolute Gasteiger partial charge is 0.494 e. The molecule has 0 saturated heterocycles. The summed E-state index contributed by atoms with van der Waals surface area (Å²) in [6, 6.07) is 10.6. The second-order valence-corrected chi connectivity index (χ2v) is 4.72. The summed E-state index contributed by atoms with van der Waals surface area (Å²) >= 11 is 0. The molecule has 0 radical (unpaired) electrons. The zero-order valence-electron chi connectivity index (χ0n) is 13.0. The van der Waals surface area contributed by atoms with Gasteiger partial charge in [0.2, 0.25) is 0 Å². The predicted octanol–water partition coefficient (Wildman–Crippen LogP) is 3.42. The minimum Gasteiger partial charge on any atom is -0.494 e. The Bertz CT molecular complexity index is 773. The second-order valence-electron chi connectivity index (χ2n) is 4.72. The summed E-state index contributed by atoms with van der Waals surface area (Å²) in [5.74, 6) is 0.362. The smallest absolute Gasteiger partial charge is 0.273 e. The third-order valence-electron chi connectivity index (χ3n) is 3.11. The number of benzene rings is 2. The number of non-ortho nitro benzene ring substituents is 1. The number of carbonyl (C=O) groups is 1. The van der Waals surface area contributed by atoms with Gasteiger partial charge in [-0.25, -0.2) is 0 Å². The van der Waals surface area contributed by atoms with Gasteiger partial charge in [0.15, 0.2) is 0 Å². The molecule has 0 saturated carbocycles. The van der Waals surface area contributed by atoms with Crippen LogP contribution in [0.15, 0.2) is 55.1 Å². The maximum absolute atomic E-state index is 12.4. The van der Waals surface area contributed by atoms with Crippen LogP contribution in [0.4, 0.5) is 11.4 Å². The molecule has 0 bridgehead atoms. The number of nitrogens with one attached hydrogen (secondary N) is 1. The first-order valence-electron chi connectivity index (χ1n) is 7.02. The first kappa shape index (κ1) is 17.0. The molecule has 0 aromatic heterocycles. The SMILES string of the molecule is C=CCOc1cccc(C(=O)Nc2ccc([N+](=O)[O-])cc2OC)c1. The van der Waals surface area contributed by atoms with Crippen molar-refractivity contribution in [2.45, 2.75) is 0 Å². The average Bonchev–Trinajstić information content (AvgIpc) is 2.60. The van der Waals surface area contributed by atoms with Crippen LogP contribution >= 0.6 is 0 Å². The van der Waals surface area contributed by atoms with Gasteiger partial charge in [-0.1, -0.05) is 18.7 Å². The summed E-state index contributed by atoms with van der Waals surface area (Å²) < 4.78 is 10.5. The monoisotopic (exact) mass is 328 g/mol. The van der Waals surface area contributed by atoms with Gasteiger partial charge in [0, 0.05) is 11.6 Å². The van der Waals surface area contributed by atoms with Crippen molar-refractivity contribution in [2.24, 2.45) is 0 Å². The number of nitro benzene ring substituents is 1. The highest BCUT2D eigenvalue weighted by Crippen LogP contribution is 2.29. The third-order valence-corrected chi connectivity index (χ3v) is 3.11. The first-order chi connectivity index (χ1) is 11.5. The quantitative estimate of drug-likeness (QED) is 0.478. The van der Waals surface area contributed by atoms with E-state index in [1.165, 1.54) is 25.3 Å². The Morgan fingerprint density at radius 2 is 2.12 bits per heavy atom. The van der Waals surface area contributed by atoms with E-state index in [0.29, 0.717) is 23.6 Å². The Labute approximate surface area is 138 Å². The molecule has 0 heterocycles. The maximum atomic E-state index is 12.4. The number of ether oxygens (including phenoxy) is 2. The molecule has 0 unspecified atom stereocenters. The zero-order chi connectivity index (χ0) is 17.5. The molecule has 0 aliphatic carbocycles. The highest BCUT2D eigenvalue weighted by molar-refractivity contribution is 6.05. The highest BCUT2D eigenvalue weighted by atomic mass is 16.6. The number of rotatable bonds is 7. The van der Waals surface area contributed by atoms with Crippen molar-refractivity contribution in [1.29, 1.82) is 0 Å². The van der Waals surface area contributed by atoms with Crippen molar-refractivity contribution in [1.82, 2.24) is 0 Å². The van der Waals surface area contributed by atoms with Gasteiger partial charge >= 0.3 is 0 Å². The van der Waals surface area contributed by atoms with E-state index in [9.17, 15) is 14.9 Å². The molecule has 0 aliphatic rings. The molecular weight excluding hydrogens is 312 g/mol. The van der Waals surface area contributed by atoms with Gasteiger partial charge in [-0.05, 0) is 24.3 Å². The van der Waals surface area contributed by atoms with Gasteiger partial charge in [0.1, 0.15) is 18.1 Å². The average molecular weight is 328 g/mol. The number of anilines is 1. The molecule has 7 nitrogen and oxygen atoms in total. The van der Waals surface area contributed by atoms with Crippen molar-refractivity contribution >= 4 is 17.3 Å². The van der Waals surface area contributed by atoms with Crippen LogP contribution < -0.4 is 14.8 Å². The number of hydrogen-bond donors (Lipinski definition) is 1. The highest BCUT2D eigenvalue weighted by Gasteiger charge is 2.14. The summed E-state index contributed by atoms with van der Waals surface area (Å²) in [5, 5.41) is 13.5. The van der Waals surface area contributed by atoms with E-state index < -0.39 is 4.92 Å². The molecule has 0 atom stereocenters. The Kier molecular flexibility index (Phi) is 5.51. The molecule has 0 spiro atoms. The van der Waals surface area contributed by atoms with Crippen LogP contribution in [0.1, 0.15) is 10.4 Å². The second kappa shape index (κ2) is 7.77. The number of amides is 1. The third kappa shape index (κ3) is 4.10. The zero-order valence-corrected chi connectivity index (χ0v) is 13.0. The Hall–Kier alpha value is -3.35. The number of hydrogen-bond acceptors (Lipinski definition) is 5. The predicted molar refractivity (Wildman–Crippen MR) is 89.7 cm³/mol. The van der Waals surface area contributed by atoms with E-state index in [-0.39, 0.29) is 17.3 Å². The molecule has 124 valence electrons. The van der Waals surface area contributed by atoms with E-state index in [4.69, 9.17) is 9.47 Å². The summed E-state index contributed by atoms with van der Waals surface area (Å²) in [4.78, 5) is 22.6. The van der Waals surface area contributed by atoms with Crippen LogP contribution in [0.25, 0.3) is 0 Å². The molecule has 2 aromatic carbocycles. The van der Waals surface area contributed by atoms with Crippen LogP contribution in [-0.4, -0.2) is 24.5 Å². The van der Waals surface area contributed by atoms with Gasteiger partial charge in [0.25, 0.3) is 11.6 Å². The summed E-state index contributed by atoms with van der Waals surface area (Å²) in [5.41, 5.74) is 0.604. The summed E-state index contributed by atoms with van der Waals surface area (Å²) in [6.07, 6.45) is 1.61. The van der Waals surface area contributed by atoms with Crippen LogP contribution in [0.2, 0.25) is 0 Å². The number of methoxy groups -OCH3 is 1. The van der Waals surface area contributed by atoms with Crippen LogP contribution in [0.5, 0.6) is 11.5 Å². The van der Waals surface area contributed by atoms with Crippen LogP contribution in [-0.2, 0) is 0 Å². The van der Waals surface area contributed by atoms with Crippen molar-refractivity contribution in [3.8, 4) is 11.5 Å². The Morgan fingerprint density at radius 1 is 1.33 bits per heavy atom. The number of nitrogens with zero attached hydrogens (tertiary/aromatic N) is 1. The van der Waals surface area contributed by atoms with Crippen molar-refractivity contribution < 1.29 is 19.2 Å². The van der Waals surface area contributed by atoms with Crippen molar-refractivity contribution in [2.75, 3.05) is 19.0 Å². The molecule has 0 aliphatic heterocycles. The fraction of sp³-hybridized carbons (Fsp3) is 0.118. The molecule has 1 amide bonds. The van der Waals surface area contributed by atoms with Gasteiger partial charge < -0.3 is 14.8 Å². The van der Waals surface area contributed by atoms with E-state index in [1.54, 1.807) is 30.3 Å². The van der Waals surface area contributed by atoms with E-state index >= 15 is 0 Å². The van der Waals surface area contributed by atoms with E-state index in [2.05, 4.69) is 11.9 Å². The minimum absolute atomic E-state index is 0.121. The molecule has 0 fully saturated rings. The fourth-order valence-corrected chi connectivity index (χ4v) is 1.97. The molecule has 7 heteroatoms. The van der Waals surface area contributed by atoms with E-state index in [0.717, 1.165) is 0 Å². The minimum atomic E-state index is -0.533. The van der Waals surface area contributed by atoms with Gasteiger partial charge in [-0.3, -0.25) is 14.9 Å². The number of carbonyl (C=O) groups excluding carboxylic acids is 1. The summed E-state index contributed by atoms with van der Waals surface area (Å²) in [6.45, 7) is 3.90. The lowest BCUT2D eigenvalue weighted by Gasteiger charge is -2.11. The molecule has 2 aromatic rings.